The molecule has 4 rings (SSSR count). The van der Waals surface area contributed by atoms with Gasteiger partial charge in [0.2, 0.25) is 0 Å². The lowest BCUT2D eigenvalue weighted by Crippen LogP contribution is -2.50. The van der Waals surface area contributed by atoms with Crippen molar-refractivity contribution in [1.29, 1.82) is 0 Å². The van der Waals surface area contributed by atoms with Crippen LogP contribution >= 0.6 is 0 Å². The van der Waals surface area contributed by atoms with Gasteiger partial charge in [-0.25, -0.2) is 4.79 Å². The molecule has 0 aliphatic carbocycles. The molecule has 1 unspecified atom stereocenters. The molecule has 136 valence electrons. The molecule has 2 amide bonds. The average molecular weight is 352 g/mol. The van der Waals surface area contributed by atoms with Crippen molar-refractivity contribution in [2.75, 3.05) is 18.1 Å². The molecule has 2 heterocycles. The number of rotatable bonds is 2. The minimum atomic E-state index is -0.538. The van der Waals surface area contributed by atoms with Gasteiger partial charge < -0.3 is 14.8 Å². The van der Waals surface area contributed by atoms with Crippen LogP contribution in [0.15, 0.2) is 42.5 Å². The van der Waals surface area contributed by atoms with Crippen molar-refractivity contribution in [2.24, 2.45) is 0 Å². The van der Waals surface area contributed by atoms with Crippen molar-refractivity contribution in [1.82, 2.24) is 5.32 Å². The highest BCUT2D eigenvalue weighted by Crippen LogP contribution is 2.35. The van der Waals surface area contributed by atoms with Crippen molar-refractivity contribution < 1.29 is 14.3 Å². The number of amides is 2. The zero-order chi connectivity index (χ0) is 18.3. The average Bonchev–Trinajstić information content (AvgIpc) is 2.96. The van der Waals surface area contributed by atoms with Gasteiger partial charge in [0.25, 0.3) is 0 Å². The highest BCUT2D eigenvalue weighted by molar-refractivity contribution is 5.95. The van der Waals surface area contributed by atoms with E-state index in [1.165, 1.54) is 5.56 Å². The molecule has 2 aromatic carbocycles. The second-order valence-corrected chi connectivity index (χ2v) is 7.47. The molecule has 2 aliphatic rings. The minimum Gasteiger partial charge on any atom is -0.486 e. The third kappa shape index (κ3) is 2.87. The van der Waals surface area contributed by atoms with Crippen LogP contribution in [0.4, 0.5) is 10.5 Å². The number of nitrogens with one attached hydrogen (secondary N) is 1. The third-order valence-electron chi connectivity index (χ3n) is 5.11. The van der Waals surface area contributed by atoms with E-state index in [1.54, 1.807) is 0 Å². The monoisotopic (exact) mass is 352 g/mol. The first kappa shape index (κ1) is 16.8. The molecular weight excluding hydrogens is 328 g/mol. The number of fused-ring (bicyclic) bond motifs is 2. The van der Waals surface area contributed by atoms with E-state index in [4.69, 9.17) is 9.47 Å². The summed E-state index contributed by atoms with van der Waals surface area (Å²) in [4.78, 5) is 14.9. The summed E-state index contributed by atoms with van der Waals surface area (Å²) in [6, 6.07) is 14.0. The summed E-state index contributed by atoms with van der Waals surface area (Å²) in [6.45, 7) is 7.20. The van der Waals surface area contributed by atoms with Gasteiger partial charge in [0, 0.05) is 11.7 Å². The Hall–Kier alpha value is -2.69. The van der Waals surface area contributed by atoms with Crippen molar-refractivity contribution in [3.8, 4) is 11.5 Å². The van der Waals surface area contributed by atoms with Crippen LogP contribution in [0.2, 0.25) is 0 Å². The number of benzene rings is 2. The number of anilines is 1. The lowest BCUT2D eigenvalue weighted by atomic mass is 9.94. The van der Waals surface area contributed by atoms with E-state index in [2.05, 4.69) is 18.3 Å². The van der Waals surface area contributed by atoms with Crippen LogP contribution in [0.25, 0.3) is 0 Å². The molecule has 0 bridgehead atoms. The van der Waals surface area contributed by atoms with Gasteiger partial charge in [0.05, 0.1) is 5.54 Å². The predicted octanol–water partition coefficient (Wildman–Crippen LogP) is 3.85. The van der Waals surface area contributed by atoms with Gasteiger partial charge in [-0.05, 0) is 56.5 Å². The van der Waals surface area contributed by atoms with Gasteiger partial charge in [0.15, 0.2) is 11.5 Å². The summed E-state index contributed by atoms with van der Waals surface area (Å²) < 4.78 is 11.3. The van der Waals surface area contributed by atoms with E-state index in [-0.39, 0.29) is 12.1 Å². The molecule has 0 saturated carbocycles. The van der Waals surface area contributed by atoms with Gasteiger partial charge >= 0.3 is 6.03 Å². The first-order valence-corrected chi connectivity index (χ1v) is 9.05. The van der Waals surface area contributed by atoms with Gasteiger partial charge in [-0.3, -0.25) is 4.90 Å². The second-order valence-electron chi connectivity index (χ2n) is 7.47. The van der Waals surface area contributed by atoms with E-state index < -0.39 is 5.54 Å². The van der Waals surface area contributed by atoms with Gasteiger partial charge in [-0.2, -0.15) is 0 Å². The summed E-state index contributed by atoms with van der Waals surface area (Å²) in [5.74, 6) is 1.49. The number of para-hydroxylation sites is 1. The van der Waals surface area contributed by atoms with Crippen LogP contribution in [-0.4, -0.2) is 25.3 Å². The van der Waals surface area contributed by atoms with Crippen molar-refractivity contribution in [2.45, 2.75) is 38.8 Å². The third-order valence-corrected chi connectivity index (χ3v) is 5.11. The first-order chi connectivity index (χ1) is 12.5. The van der Waals surface area contributed by atoms with E-state index in [9.17, 15) is 4.79 Å². The number of carbonyl (C=O) groups excluding carboxylic acids is 1. The van der Waals surface area contributed by atoms with Crippen molar-refractivity contribution in [3.05, 3.63) is 53.6 Å². The Balaban J connectivity index is 1.57. The Bertz CT molecular complexity index is 847. The Morgan fingerprint density at radius 3 is 2.65 bits per heavy atom. The van der Waals surface area contributed by atoms with E-state index in [0.717, 1.165) is 29.2 Å². The Morgan fingerprint density at radius 1 is 1.12 bits per heavy atom. The number of ether oxygens (including phenoxy) is 2. The van der Waals surface area contributed by atoms with E-state index in [0.29, 0.717) is 13.2 Å². The molecule has 0 fully saturated rings. The topological polar surface area (TPSA) is 50.8 Å². The molecule has 2 aromatic rings. The van der Waals surface area contributed by atoms with Gasteiger partial charge in [-0.1, -0.05) is 24.3 Å². The summed E-state index contributed by atoms with van der Waals surface area (Å²) in [7, 11) is 0. The van der Waals surface area contributed by atoms with Gasteiger partial charge in [-0.15, -0.1) is 0 Å². The SMILES string of the molecule is CC1Cc2ccccc2N1C(=O)NC(C)(C)c1ccc2c(c1)OCCO2. The number of hydrogen-bond donors (Lipinski definition) is 1. The van der Waals surface area contributed by atoms with Crippen LogP contribution in [0, 0.1) is 0 Å². The zero-order valence-electron chi connectivity index (χ0n) is 15.4. The largest absolute Gasteiger partial charge is 0.486 e. The molecule has 5 nitrogen and oxygen atoms in total. The quantitative estimate of drug-likeness (QED) is 0.893. The fourth-order valence-electron chi connectivity index (χ4n) is 3.71. The van der Waals surface area contributed by atoms with Gasteiger partial charge in [0.1, 0.15) is 13.2 Å². The molecule has 0 radical (unpaired) electrons. The number of urea groups is 1. The van der Waals surface area contributed by atoms with Crippen LogP contribution in [0.5, 0.6) is 11.5 Å². The fourth-order valence-corrected chi connectivity index (χ4v) is 3.71. The van der Waals surface area contributed by atoms with E-state index in [1.807, 2.05) is 55.1 Å². The maximum Gasteiger partial charge on any atom is 0.322 e. The predicted molar refractivity (Wildman–Crippen MR) is 101 cm³/mol. The molecule has 1 atom stereocenters. The number of hydrogen-bond acceptors (Lipinski definition) is 3. The van der Waals surface area contributed by atoms with Crippen LogP contribution < -0.4 is 19.7 Å². The molecule has 0 aromatic heterocycles. The number of carbonyl (C=O) groups is 1. The molecule has 0 saturated heterocycles. The number of nitrogens with zero attached hydrogens (tertiary/aromatic N) is 1. The Kier molecular flexibility index (Phi) is 4.02. The lowest BCUT2D eigenvalue weighted by molar-refractivity contribution is 0.171. The smallest absolute Gasteiger partial charge is 0.322 e. The van der Waals surface area contributed by atoms with Crippen LogP contribution in [-0.2, 0) is 12.0 Å². The molecule has 26 heavy (non-hydrogen) atoms. The van der Waals surface area contributed by atoms with Crippen molar-refractivity contribution >= 4 is 11.7 Å². The zero-order valence-corrected chi connectivity index (χ0v) is 15.4. The Labute approximate surface area is 153 Å². The Morgan fingerprint density at radius 2 is 1.85 bits per heavy atom. The van der Waals surface area contributed by atoms with Crippen LogP contribution in [0.3, 0.4) is 0 Å². The second kappa shape index (κ2) is 6.24. The highest BCUT2D eigenvalue weighted by atomic mass is 16.6. The maximum absolute atomic E-state index is 13.1. The summed E-state index contributed by atoms with van der Waals surface area (Å²) in [5.41, 5.74) is 2.66. The molecule has 1 N–H and O–H groups in total. The van der Waals surface area contributed by atoms with Crippen LogP contribution in [0.1, 0.15) is 31.9 Å². The van der Waals surface area contributed by atoms with Crippen molar-refractivity contribution in [3.63, 3.8) is 0 Å². The maximum atomic E-state index is 13.1. The molecule has 0 spiro atoms. The molecular formula is C21H24N2O3. The van der Waals surface area contributed by atoms with E-state index >= 15 is 0 Å². The normalized spacial score (nSPS) is 18.4. The minimum absolute atomic E-state index is 0.0812. The lowest BCUT2D eigenvalue weighted by Gasteiger charge is -2.32. The molecule has 2 aliphatic heterocycles. The first-order valence-electron chi connectivity index (χ1n) is 9.05. The fraction of sp³-hybridized carbons (Fsp3) is 0.381. The summed E-state index contributed by atoms with van der Waals surface area (Å²) in [5, 5.41) is 3.18. The summed E-state index contributed by atoms with van der Waals surface area (Å²) >= 11 is 0. The highest BCUT2D eigenvalue weighted by Gasteiger charge is 2.34. The standard InChI is InChI=1S/C21H24N2O3/c1-14-12-15-6-4-5-7-17(15)23(14)20(24)22-21(2,3)16-8-9-18-19(13-16)26-11-10-25-18/h4-9,13-14H,10-12H2,1-3H3,(H,22,24). The summed E-state index contributed by atoms with van der Waals surface area (Å²) in [6.07, 6.45) is 0.883. The molecule has 5 heteroatoms.